The van der Waals surface area contributed by atoms with E-state index in [1.54, 1.807) is 18.3 Å². The monoisotopic (exact) mass is 315 g/mol. The molecule has 6 heteroatoms. The molecule has 22 heavy (non-hydrogen) atoms. The average Bonchev–Trinajstić information content (AvgIpc) is 2.66. The standard InChI is InChI=1S/C16H17N3O2S/c1-22(20,21)12-7-5-11(6-8-12)13-3-2-4-15-14(13)9-18-10-16(17)19-15/h2-8,10,14,18H,9,17H2,1H3. The Morgan fingerprint density at radius 1 is 1.27 bits per heavy atom. The first kappa shape index (κ1) is 14.6. The van der Waals surface area contributed by atoms with E-state index in [1.807, 2.05) is 30.4 Å². The number of nitrogens with one attached hydrogen (secondary N) is 1. The molecule has 3 N–H and O–H groups in total. The maximum atomic E-state index is 11.6. The molecule has 0 amide bonds. The van der Waals surface area contributed by atoms with Gasteiger partial charge in [-0.2, -0.15) is 0 Å². The fourth-order valence-electron chi connectivity index (χ4n) is 2.63. The van der Waals surface area contributed by atoms with Crippen LogP contribution >= 0.6 is 0 Å². The van der Waals surface area contributed by atoms with E-state index in [4.69, 9.17) is 5.73 Å². The molecule has 114 valence electrons. The summed E-state index contributed by atoms with van der Waals surface area (Å²) in [6, 6.07) is 6.94. The van der Waals surface area contributed by atoms with E-state index in [9.17, 15) is 8.42 Å². The highest BCUT2D eigenvalue weighted by atomic mass is 32.2. The minimum absolute atomic E-state index is 0.0892. The molecular weight excluding hydrogens is 298 g/mol. The zero-order chi connectivity index (χ0) is 15.7. The minimum Gasteiger partial charge on any atom is -0.387 e. The molecule has 1 heterocycles. The second-order valence-electron chi connectivity index (χ2n) is 5.34. The normalized spacial score (nSPS) is 21.0. The SMILES string of the molecule is CS(=O)(=O)c1ccc(C2=CC=CC3=NC(N)=CNCC23)cc1. The first-order valence-electron chi connectivity index (χ1n) is 6.91. The zero-order valence-electron chi connectivity index (χ0n) is 12.2. The molecule has 2 aliphatic rings. The van der Waals surface area contributed by atoms with Gasteiger partial charge in [-0.1, -0.05) is 24.3 Å². The third-order valence-electron chi connectivity index (χ3n) is 3.72. The number of fused-ring (bicyclic) bond motifs is 1. The fraction of sp³-hybridized carbons (Fsp3) is 0.188. The summed E-state index contributed by atoms with van der Waals surface area (Å²) in [5.41, 5.74) is 8.77. The third-order valence-corrected chi connectivity index (χ3v) is 4.85. The number of allylic oxidation sites excluding steroid dienone is 3. The van der Waals surface area contributed by atoms with Gasteiger partial charge in [0.2, 0.25) is 0 Å². The maximum Gasteiger partial charge on any atom is 0.175 e. The fourth-order valence-corrected chi connectivity index (χ4v) is 3.26. The van der Waals surface area contributed by atoms with E-state index in [0.717, 1.165) is 16.8 Å². The summed E-state index contributed by atoms with van der Waals surface area (Å²) in [5, 5.41) is 3.16. The van der Waals surface area contributed by atoms with Crippen molar-refractivity contribution < 1.29 is 8.42 Å². The van der Waals surface area contributed by atoms with Crippen molar-refractivity contribution in [1.82, 2.24) is 5.32 Å². The molecule has 5 nitrogen and oxygen atoms in total. The van der Waals surface area contributed by atoms with Crippen molar-refractivity contribution in [2.75, 3.05) is 12.8 Å². The molecule has 1 atom stereocenters. The van der Waals surface area contributed by atoms with Crippen LogP contribution in [0.5, 0.6) is 0 Å². The molecule has 0 spiro atoms. The number of sulfone groups is 1. The molecule has 1 aliphatic heterocycles. The number of aliphatic imine (C=N–C) groups is 1. The van der Waals surface area contributed by atoms with Crippen LogP contribution in [0.4, 0.5) is 0 Å². The second kappa shape index (κ2) is 5.46. The highest BCUT2D eigenvalue weighted by Crippen LogP contribution is 2.29. The summed E-state index contributed by atoms with van der Waals surface area (Å²) in [5.74, 6) is 0.544. The highest BCUT2D eigenvalue weighted by Gasteiger charge is 2.24. The lowest BCUT2D eigenvalue weighted by atomic mass is 9.85. The van der Waals surface area contributed by atoms with E-state index in [-0.39, 0.29) is 5.92 Å². The number of nitrogens with zero attached hydrogens (tertiary/aromatic N) is 1. The zero-order valence-corrected chi connectivity index (χ0v) is 13.0. The van der Waals surface area contributed by atoms with Gasteiger partial charge in [0, 0.05) is 24.9 Å². The molecule has 1 aromatic rings. The molecule has 0 saturated heterocycles. The maximum absolute atomic E-state index is 11.6. The van der Waals surface area contributed by atoms with Crippen LogP contribution in [0.15, 0.2) is 64.4 Å². The Kier molecular flexibility index (Phi) is 3.62. The number of benzene rings is 1. The number of hydrogen-bond acceptors (Lipinski definition) is 5. The van der Waals surface area contributed by atoms with Crippen molar-refractivity contribution in [3.05, 3.63) is 60.1 Å². The summed E-state index contributed by atoms with van der Waals surface area (Å²) in [6.07, 6.45) is 8.82. The predicted octanol–water partition coefficient (Wildman–Crippen LogP) is 1.46. The Hall–Kier alpha value is -2.34. The Morgan fingerprint density at radius 2 is 2.00 bits per heavy atom. The largest absolute Gasteiger partial charge is 0.387 e. The molecule has 3 rings (SSSR count). The number of nitrogens with two attached hydrogens (primary N) is 1. The molecule has 1 unspecified atom stereocenters. The van der Waals surface area contributed by atoms with Gasteiger partial charge in [-0.25, -0.2) is 13.4 Å². The van der Waals surface area contributed by atoms with Crippen molar-refractivity contribution >= 4 is 21.1 Å². The van der Waals surface area contributed by atoms with Crippen LogP contribution in [0, 0.1) is 5.92 Å². The topological polar surface area (TPSA) is 84.5 Å². The molecule has 0 bridgehead atoms. The van der Waals surface area contributed by atoms with Crippen LogP contribution in [0.25, 0.3) is 5.57 Å². The van der Waals surface area contributed by atoms with Gasteiger partial charge in [-0.3, -0.25) is 0 Å². The lowest BCUT2D eigenvalue weighted by Gasteiger charge is -2.22. The minimum atomic E-state index is -3.18. The van der Waals surface area contributed by atoms with Crippen LogP contribution in [0.3, 0.4) is 0 Å². The van der Waals surface area contributed by atoms with Crippen LogP contribution in [-0.4, -0.2) is 26.9 Å². The molecule has 1 aromatic carbocycles. The summed E-state index contributed by atoms with van der Waals surface area (Å²) in [4.78, 5) is 4.72. The predicted molar refractivity (Wildman–Crippen MR) is 87.9 cm³/mol. The summed E-state index contributed by atoms with van der Waals surface area (Å²) in [7, 11) is -3.18. The van der Waals surface area contributed by atoms with E-state index in [2.05, 4.69) is 10.3 Å². The van der Waals surface area contributed by atoms with Gasteiger partial charge >= 0.3 is 0 Å². The Balaban J connectivity index is 1.97. The highest BCUT2D eigenvalue weighted by molar-refractivity contribution is 7.90. The quantitative estimate of drug-likeness (QED) is 0.865. The van der Waals surface area contributed by atoms with E-state index in [0.29, 0.717) is 17.3 Å². The van der Waals surface area contributed by atoms with E-state index < -0.39 is 9.84 Å². The van der Waals surface area contributed by atoms with Crippen molar-refractivity contribution in [3.63, 3.8) is 0 Å². The molecular formula is C16H17N3O2S. The summed E-state index contributed by atoms with van der Waals surface area (Å²) >= 11 is 0. The summed E-state index contributed by atoms with van der Waals surface area (Å²) < 4.78 is 23.1. The van der Waals surface area contributed by atoms with Gasteiger partial charge in [-0.15, -0.1) is 0 Å². The van der Waals surface area contributed by atoms with Crippen molar-refractivity contribution in [3.8, 4) is 0 Å². The lowest BCUT2D eigenvalue weighted by molar-refractivity contribution is 0.602. The van der Waals surface area contributed by atoms with Gasteiger partial charge < -0.3 is 11.1 Å². The molecule has 0 saturated carbocycles. The van der Waals surface area contributed by atoms with Gasteiger partial charge in [0.1, 0.15) is 5.82 Å². The van der Waals surface area contributed by atoms with Crippen LogP contribution in [0.2, 0.25) is 0 Å². The van der Waals surface area contributed by atoms with Gasteiger partial charge in [-0.05, 0) is 29.3 Å². The van der Waals surface area contributed by atoms with Crippen LogP contribution < -0.4 is 11.1 Å². The first-order chi connectivity index (χ1) is 10.4. The smallest absolute Gasteiger partial charge is 0.175 e. The lowest BCUT2D eigenvalue weighted by Crippen LogP contribution is -2.26. The van der Waals surface area contributed by atoms with Crippen molar-refractivity contribution in [2.45, 2.75) is 4.90 Å². The van der Waals surface area contributed by atoms with E-state index >= 15 is 0 Å². The van der Waals surface area contributed by atoms with Crippen LogP contribution in [0.1, 0.15) is 5.56 Å². The van der Waals surface area contributed by atoms with Crippen LogP contribution in [-0.2, 0) is 9.84 Å². The Bertz CT molecular complexity index is 815. The van der Waals surface area contributed by atoms with Gasteiger partial charge in [0.05, 0.1) is 10.6 Å². The first-order valence-corrected chi connectivity index (χ1v) is 8.80. The number of rotatable bonds is 2. The Morgan fingerprint density at radius 3 is 2.68 bits per heavy atom. The van der Waals surface area contributed by atoms with Crippen molar-refractivity contribution in [1.29, 1.82) is 0 Å². The molecule has 1 aliphatic carbocycles. The molecule has 0 radical (unpaired) electrons. The third kappa shape index (κ3) is 2.82. The number of hydrogen-bond donors (Lipinski definition) is 2. The second-order valence-corrected chi connectivity index (χ2v) is 7.36. The van der Waals surface area contributed by atoms with Gasteiger partial charge in [0.15, 0.2) is 9.84 Å². The summed E-state index contributed by atoms with van der Waals surface area (Å²) in [6.45, 7) is 0.698. The van der Waals surface area contributed by atoms with Gasteiger partial charge in [0.25, 0.3) is 0 Å². The Labute approximate surface area is 129 Å². The molecule has 0 fully saturated rings. The molecule has 0 aromatic heterocycles. The average molecular weight is 315 g/mol. The van der Waals surface area contributed by atoms with E-state index in [1.165, 1.54) is 6.26 Å². The van der Waals surface area contributed by atoms with Crippen molar-refractivity contribution in [2.24, 2.45) is 16.6 Å².